The number of furan rings is 1. The van der Waals surface area contributed by atoms with Gasteiger partial charge in [-0.15, -0.1) is 16.9 Å². The van der Waals surface area contributed by atoms with Gasteiger partial charge >= 0.3 is 0 Å². The smallest absolute Gasteiger partial charge is 0.293 e. The van der Waals surface area contributed by atoms with Crippen molar-refractivity contribution < 1.29 is 13.8 Å². The second kappa shape index (κ2) is 8.80. The highest BCUT2D eigenvalue weighted by molar-refractivity contribution is 7.98. The van der Waals surface area contributed by atoms with Crippen molar-refractivity contribution in [2.75, 3.05) is 5.73 Å². The predicted molar refractivity (Wildman–Crippen MR) is 108 cm³/mol. The monoisotopic (exact) mass is 444 g/mol. The van der Waals surface area contributed by atoms with Crippen molar-refractivity contribution in [3.63, 3.8) is 0 Å². The van der Waals surface area contributed by atoms with Crippen LogP contribution in [0.15, 0.2) is 61.7 Å². The molecule has 0 spiro atoms. The maximum Gasteiger partial charge on any atom is 0.293 e. The molecule has 0 aliphatic heterocycles. The maximum atomic E-state index is 12.6. The number of rotatable bonds is 7. The molecule has 0 aliphatic carbocycles. The Balaban J connectivity index is 1.59. The van der Waals surface area contributed by atoms with E-state index in [9.17, 15) is 4.79 Å². The number of hydrogen-bond acceptors (Lipinski definition) is 10. The summed E-state index contributed by atoms with van der Waals surface area (Å²) in [5, 5.41) is 19.7. The Morgan fingerprint density at radius 1 is 1.30 bits per heavy atom. The Bertz CT molecular complexity index is 1170. The van der Waals surface area contributed by atoms with Crippen molar-refractivity contribution in [1.29, 1.82) is 0 Å². The van der Waals surface area contributed by atoms with Gasteiger partial charge in [0.15, 0.2) is 5.69 Å². The van der Waals surface area contributed by atoms with Crippen molar-refractivity contribution in [2.24, 2.45) is 5.10 Å². The second-order valence-corrected chi connectivity index (χ2v) is 7.21. The van der Waals surface area contributed by atoms with Crippen molar-refractivity contribution >= 4 is 41.3 Å². The first-order valence-electron chi connectivity index (χ1n) is 8.40. The molecule has 0 saturated carbocycles. The largest absolute Gasteiger partial charge is 0.463 e. The lowest BCUT2D eigenvalue weighted by Crippen LogP contribution is -2.20. The van der Waals surface area contributed by atoms with Gasteiger partial charge in [-0.25, -0.2) is 10.1 Å². The minimum Gasteiger partial charge on any atom is -0.463 e. The Kier molecular flexibility index (Phi) is 5.77. The van der Waals surface area contributed by atoms with E-state index in [1.165, 1.54) is 28.9 Å². The Labute approximate surface area is 178 Å². The molecule has 0 fully saturated rings. The zero-order chi connectivity index (χ0) is 20.9. The molecule has 30 heavy (non-hydrogen) atoms. The molecule has 0 aliphatic rings. The Morgan fingerprint density at radius 2 is 2.13 bits per heavy atom. The van der Waals surface area contributed by atoms with Gasteiger partial charge in [-0.2, -0.15) is 9.78 Å². The van der Waals surface area contributed by atoms with Gasteiger partial charge in [-0.1, -0.05) is 16.8 Å². The Hall–Kier alpha value is -3.64. The van der Waals surface area contributed by atoms with Crippen molar-refractivity contribution in [1.82, 2.24) is 30.7 Å². The summed E-state index contributed by atoms with van der Waals surface area (Å²) in [7, 11) is 0. The average molecular weight is 445 g/mol. The first-order valence-corrected chi connectivity index (χ1v) is 9.76. The fraction of sp³-hybridized carbons (Fsp3) is 0.0588. The van der Waals surface area contributed by atoms with Crippen LogP contribution in [0, 0.1) is 0 Å². The number of nitrogens with two attached hydrogens (primary N) is 1. The number of amides is 1. The van der Waals surface area contributed by atoms with E-state index in [0.29, 0.717) is 22.2 Å². The van der Waals surface area contributed by atoms with Gasteiger partial charge in [0.05, 0.1) is 18.2 Å². The molecule has 0 radical (unpaired) electrons. The van der Waals surface area contributed by atoms with E-state index >= 15 is 0 Å². The molecule has 0 unspecified atom stereocenters. The third-order valence-corrected chi connectivity index (χ3v) is 5.04. The lowest BCUT2D eigenvalue weighted by Gasteiger charge is -2.06. The molecule has 0 atom stereocenters. The molecule has 3 heterocycles. The lowest BCUT2D eigenvalue weighted by atomic mass is 10.3. The number of nitrogen functional groups attached to an aromatic ring is 1. The number of benzene rings is 1. The highest BCUT2D eigenvalue weighted by Gasteiger charge is 2.24. The number of hydrazone groups is 1. The summed E-state index contributed by atoms with van der Waals surface area (Å²) >= 11 is 7.37. The number of carbonyl (C=O) groups excluding carboxylic acids is 1. The second-order valence-electron chi connectivity index (χ2n) is 5.73. The molecule has 13 heteroatoms. The van der Waals surface area contributed by atoms with Gasteiger partial charge in [-0.05, 0) is 46.7 Å². The molecule has 3 N–H and O–H groups in total. The molecule has 3 aromatic heterocycles. The summed E-state index contributed by atoms with van der Waals surface area (Å²) < 4.78 is 11.1. The summed E-state index contributed by atoms with van der Waals surface area (Å²) in [5.74, 6) is 0.392. The fourth-order valence-corrected chi connectivity index (χ4v) is 3.39. The highest BCUT2D eigenvalue weighted by Crippen LogP contribution is 2.27. The van der Waals surface area contributed by atoms with Crippen LogP contribution in [-0.4, -0.2) is 37.4 Å². The molecule has 4 aromatic rings. The average Bonchev–Trinajstić information content (AvgIpc) is 3.48. The van der Waals surface area contributed by atoms with E-state index in [4.69, 9.17) is 21.8 Å². The normalized spacial score (nSPS) is 11.2. The summed E-state index contributed by atoms with van der Waals surface area (Å²) in [6.45, 7) is 0. The van der Waals surface area contributed by atoms with Crippen molar-refractivity contribution in [3.8, 4) is 5.82 Å². The van der Waals surface area contributed by atoms with Crippen molar-refractivity contribution in [2.45, 2.75) is 10.6 Å². The van der Waals surface area contributed by atoms with Gasteiger partial charge in [0.1, 0.15) is 5.76 Å². The minimum absolute atomic E-state index is 0.0143. The van der Waals surface area contributed by atoms with Crippen LogP contribution in [0.2, 0.25) is 5.02 Å². The first-order chi connectivity index (χ1) is 14.6. The van der Waals surface area contributed by atoms with E-state index in [2.05, 4.69) is 35.8 Å². The number of halogens is 1. The van der Waals surface area contributed by atoms with E-state index in [-0.39, 0.29) is 17.3 Å². The molecule has 11 nitrogen and oxygen atoms in total. The van der Waals surface area contributed by atoms with Gasteiger partial charge in [0.25, 0.3) is 5.91 Å². The number of anilines is 1. The van der Waals surface area contributed by atoms with E-state index in [1.807, 2.05) is 12.1 Å². The predicted octanol–water partition coefficient (Wildman–Crippen LogP) is 2.54. The molecule has 152 valence electrons. The number of nitrogens with one attached hydrogen (secondary N) is 1. The maximum absolute atomic E-state index is 12.6. The zero-order valence-electron chi connectivity index (χ0n) is 15.1. The summed E-state index contributed by atoms with van der Waals surface area (Å²) in [4.78, 5) is 13.6. The molecule has 1 aromatic carbocycles. The minimum atomic E-state index is -0.564. The van der Waals surface area contributed by atoms with Gasteiger partial charge < -0.3 is 10.2 Å². The van der Waals surface area contributed by atoms with E-state index in [1.54, 1.807) is 24.3 Å². The van der Waals surface area contributed by atoms with Gasteiger partial charge in [-0.3, -0.25) is 4.79 Å². The van der Waals surface area contributed by atoms with Crippen LogP contribution < -0.4 is 11.2 Å². The van der Waals surface area contributed by atoms with Crippen LogP contribution in [0.25, 0.3) is 5.82 Å². The third kappa shape index (κ3) is 4.34. The topological polar surface area (TPSA) is 150 Å². The Morgan fingerprint density at radius 3 is 2.83 bits per heavy atom. The molecular weight excluding hydrogens is 432 g/mol. The molecule has 0 saturated heterocycles. The van der Waals surface area contributed by atoms with Gasteiger partial charge in [0, 0.05) is 15.7 Å². The van der Waals surface area contributed by atoms with E-state index in [0.717, 1.165) is 4.90 Å². The summed E-state index contributed by atoms with van der Waals surface area (Å²) in [6, 6.07) is 10.7. The third-order valence-electron chi connectivity index (χ3n) is 3.76. The van der Waals surface area contributed by atoms with Crippen LogP contribution in [0.3, 0.4) is 0 Å². The molecular formula is C17H13ClN8O3S. The summed E-state index contributed by atoms with van der Waals surface area (Å²) in [6.07, 6.45) is 2.86. The van der Waals surface area contributed by atoms with Crippen LogP contribution in [0.4, 0.5) is 5.82 Å². The number of hydrogen-bond donors (Lipinski definition) is 2. The lowest BCUT2D eigenvalue weighted by molar-refractivity contribution is 0.0949. The van der Waals surface area contributed by atoms with Crippen LogP contribution >= 0.6 is 23.4 Å². The molecule has 0 bridgehead atoms. The zero-order valence-corrected chi connectivity index (χ0v) is 16.7. The van der Waals surface area contributed by atoms with Crippen LogP contribution in [-0.2, 0) is 5.75 Å². The molecule has 4 rings (SSSR count). The number of aromatic nitrogens is 5. The highest BCUT2D eigenvalue weighted by atomic mass is 35.5. The molecule has 1 amide bonds. The SMILES string of the molecule is Nc1nonc1-n1nnc(C(=O)N/N=C/c2ccco2)c1CSc1ccc(Cl)cc1. The van der Waals surface area contributed by atoms with Gasteiger partial charge in [0.2, 0.25) is 11.6 Å². The first kappa shape index (κ1) is 19.7. The number of nitrogens with zero attached hydrogens (tertiary/aromatic N) is 6. The number of thioether (sulfide) groups is 1. The standard InChI is InChI=1S/C17H13ClN8O3S/c18-10-3-5-12(6-4-10)30-9-13-14(17(27)22-20-8-11-2-1-7-28-11)21-25-26(13)16-15(19)23-29-24-16/h1-8H,9H2,(H2,19,23)(H,22,27)/b20-8+. The number of carbonyl (C=O) groups is 1. The fourth-order valence-electron chi connectivity index (χ4n) is 2.37. The quantitative estimate of drug-likeness (QED) is 0.249. The van der Waals surface area contributed by atoms with Crippen molar-refractivity contribution in [3.05, 3.63) is 64.8 Å². The summed E-state index contributed by atoms with van der Waals surface area (Å²) in [5.41, 5.74) is 8.65. The van der Waals surface area contributed by atoms with Crippen LogP contribution in [0.1, 0.15) is 21.9 Å². The van der Waals surface area contributed by atoms with E-state index < -0.39 is 5.91 Å². The van der Waals surface area contributed by atoms with Crippen LogP contribution in [0.5, 0.6) is 0 Å².